The summed E-state index contributed by atoms with van der Waals surface area (Å²) in [5, 5.41) is 0. The lowest BCUT2D eigenvalue weighted by Gasteiger charge is -2.24. The molecule has 0 aromatic rings. The number of esters is 2. The van der Waals surface area contributed by atoms with E-state index in [1.54, 1.807) is 0 Å². The van der Waals surface area contributed by atoms with Crippen LogP contribution < -0.4 is 0 Å². The average Bonchev–Trinajstić information content (AvgIpc) is 3.09. The zero-order valence-electron chi connectivity index (χ0n) is 34.0. The Labute approximate surface area is 307 Å². The Kier molecular flexibility index (Phi) is 37.3. The van der Waals surface area contributed by atoms with Gasteiger partial charge >= 0.3 is 11.9 Å². The van der Waals surface area contributed by atoms with Crippen LogP contribution in [0.15, 0.2) is 0 Å². The Balaban J connectivity index is 3.88. The molecule has 0 radical (unpaired) electrons. The molecule has 1 atom stereocenters. The lowest BCUT2D eigenvalue weighted by atomic mass is 10.0. The van der Waals surface area contributed by atoms with E-state index in [2.05, 4.69) is 39.6 Å². The molecule has 0 aliphatic carbocycles. The molecule has 0 saturated carbocycles. The summed E-state index contributed by atoms with van der Waals surface area (Å²) >= 11 is 0. The normalized spacial score (nSPS) is 12.2. The molecule has 0 rings (SSSR count). The molecule has 1 unspecified atom stereocenters. The van der Waals surface area contributed by atoms with E-state index < -0.39 is 0 Å². The molecule has 49 heavy (non-hydrogen) atoms. The van der Waals surface area contributed by atoms with Gasteiger partial charge in [0.05, 0.1) is 6.61 Å². The van der Waals surface area contributed by atoms with E-state index in [0.717, 1.165) is 57.9 Å². The predicted octanol–water partition coefficient (Wildman–Crippen LogP) is 13.7. The van der Waals surface area contributed by atoms with Gasteiger partial charge in [0.2, 0.25) is 0 Å². The minimum atomic E-state index is -0.0179. The second-order valence-electron chi connectivity index (χ2n) is 15.4. The largest absolute Gasteiger partial charge is 0.466 e. The average molecular weight is 694 g/mol. The molecular weight excluding hydrogens is 606 g/mol. The predicted molar refractivity (Wildman–Crippen MR) is 212 cm³/mol. The number of nitrogens with zero attached hydrogens (tertiary/aromatic N) is 1. The summed E-state index contributed by atoms with van der Waals surface area (Å²) in [5.74, 6) is 0.0119. The summed E-state index contributed by atoms with van der Waals surface area (Å²) in [7, 11) is 2.23. The maximum Gasteiger partial charge on any atom is 0.306 e. The zero-order chi connectivity index (χ0) is 36.0. The molecule has 0 saturated heterocycles. The van der Waals surface area contributed by atoms with E-state index in [4.69, 9.17) is 9.47 Å². The molecule has 0 aliphatic heterocycles. The van der Waals surface area contributed by atoms with Crippen LogP contribution in [0.3, 0.4) is 0 Å². The highest BCUT2D eigenvalue weighted by Gasteiger charge is 2.15. The quantitative estimate of drug-likeness (QED) is 0.0474. The van der Waals surface area contributed by atoms with Crippen molar-refractivity contribution in [1.29, 1.82) is 0 Å². The zero-order valence-corrected chi connectivity index (χ0v) is 34.0. The van der Waals surface area contributed by atoms with Crippen molar-refractivity contribution in [3.05, 3.63) is 0 Å². The van der Waals surface area contributed by atoms with Crippen LogP contribution in [0.1, 0.15) is 240 Å². The van der Waals surface area contributed by atoms with E-state index in [-0.39, 0.29) is 18.0 Å². The monoisotopic (exact) mass is 694 g/mol. The Morgan fingerprint density at radius 2 is 0.857 bits per heavy atom. The number of carbonyl (C=O) groups is 2. The molecule has 0 fully saturated rings. The number of unbranched alkanes of at least 4 members (excludes halogenated alkanes) is 23. The van der Waals surface area contributed by atoms with Crippen LogP contribution in [0.25, 0.3) is 0 Å². The van der Waals surface area contributed by atoms with E-state index in [0.29, 0.717) is 25.5 Å². The fourth-order valence-electron chi connectivity index (χ4n) is 6.79. The van der Waals surface area contributed by atoms with Crippen LogP contribution in [0.5, 0.6) is 0 Å². The van der Waals surface area contributed by atoms with Gasteiger partial charge in [0, 0.05) is 18.9 Å². The van der Waals surface area contributed by atoms with Gasteiger partial charge < -0.3 is 14.4 Å². The molecule has 5 heteroatoms. The molecule has 0 aliphatic rings. The maximum atomic E-state index is 12.7. The standard InChI is InChI=1S/C44H87NO4/c1-6-9-12-15-18-19-20-25-33-40-48-43(46)37-31-26-32-39-45(5)41(4)34-27-23-24-30-38-44(47)49-42(35-28-21-16-13-10-7-2)36-29-22-17-14-11-8-3/h41-42H,6-40H2,1-5H3. The van der Waals surface area contributed by atoms with E-state index in [1.165, 1.54) is 148 Å². The lowest BCUT2D eigenvalue weighted by molar-refractivity contribution is -0.150. The van der Waals surface area contributed by atoms with Gasteiger partial charge in [-0.25, -0.2) is 0 Å². The van der Waals surface area contributed by atoms with Gasteiger partial charge in [0.15, 0.2) is 0 Å². The van der Waals surface area contributed by atoms with Crippen LogP contribution >= 0.6 is 0 Å². The van der Waals surface area contributed by atoms with Crippen LogP contribution in [0.2, 0.25) is 0 Å². The van der Waals surface area contributed by atoms with Crippen molar-refractivity contribution in [2.24, 2.45) is 0 Å². The van der Waals surface area contributed by atoms with Crippen molar-refractivity contribution in [3.63, 3.8) is 0 Å². The molecule has 0 bridgehead atoms. The Morgan fingerprint density at radius 3 is 1.37 bits per heavy atom. The van der Waals surface area contributed by atoms with Gasteiger partial charge in [-0.3, -0.25) is 9.59 Å². The minimum Gasteiger partial charge on any atom is -0.466 e. The van der Waals surface area contributed by atoms with Gasteiger partial charge in [0.1, 0.15) is 6.10 Å². The molecule has 0 aromatic heterocycles. The van der Waals surface area contributed by atoms with Crippen molar-refractivity contribution in [2.45, 2.75) is 252 Å². The molecule has 0 N–H and O–H groups in total. The third-order valence-corrected chi connectivity index (χ3v) is 10.5. The SMILES string of the molecule is CCCCCCCCCCCOC(=O)CCCCCN(C)C(C)CCCCCCC(=O)OC(CCCCCCCC)CCCCCCCC. The highest BCUT2D eigenvalue weighted by molar-refractivity contribution is 5.69. The van der Waals surface area contributed by atoms with Gasteiger partial charge in [-0.05, 0) is 78.3 Å². The minimum absolute atomic E-state index is 0.0179. The van der Waals surface area contributed by atoms with E-state index in [1.807, 2.05) is 0 Å². The van der Waals surface area contributed by atoms with Gasteiger partial charge in [-0.1, -0.05) is 162 Å². The number of rotatable bonds is 39. The molecule has 5 nitrogen and oxygen atoms in total. The van der Waals surface area contributed by atoms with Crippen LogP contribution in [-0.4, -0.2) is 49.2 Å². The number of ether oxygens (including phenoxy) is 2. The smallest absolute Gasteiger partial charge is 0.306 e. The number of hydrogen-bond acceptors (Lipinski definition) is 5. The van der Waals surface area contributed by atoms with Gasteiger partial charge in [-0.15, -0.1) is 0 Å². The fraction of sp³-hybridized carbons (Fsp3) is 0.955. The number of hydrogen-bond donors (Lipinski definition) is 0. The van der Waals surface area contributed by atoms with Crippen LogP contribution in [0.4, 0.5) is 0 Å². The van der Waals surface area contributed by atoms with Crippen LogP contribution in [-0.2, 0) is 19.1 Å². The Bertz CT molecular complexity index is 682. The van der Waals surface area contributed by atoms with Crippen molar-refractivity contribution in [3.8, 4) is 0 Å². The third kappa shape index (κ3) is 35.1. The van der Waals surface area contributed by atoms with Gasteiger partial charge in [0.25, 0.3) is 0 Å². The molecule has 0 heterocycles. The summed E-state index contributed by atoms with van der Waals surface area (Å²) in [6.45, 7) is 10.8. The third-order valence-electron chi connectivity index (χ3n) is 10.5. The van der Waals surface area contributed by atoms with Crippen molar-refractivity contribution in [1.82, 2.24) is 4.90 Å². The first kappa shape index (κ1) is 47.9. The Morgan fingerprint density at radius 1 is 0.469 bits per heavy atom. The second kappa shape index (κ2) is 38.1. The summed E-state index contributed by atoms with van der Waals surface area (Å²) in [4.78, 5) is 27.2. The molecular formula is C44H87NO4. The first-order chi connectivity index (χ1) is 23.9. The highest BCUT2D eigenvalue weighted by Crippen LogP contribution is 2.19. The molecule has 0 aromatic carbocycles. The van der Waals surface area contributed by atoms with Crippen LogP contribution in [0, 0.1) is 0 Å². The summed E-state index contributed by atoms with van der Waals surface area (Å²) in [6.07, 6.45) is 39.2. The van der Waals surface area contributed by atoms with E-state index in [9.17, 15) is 9.59 Å². The molecule has 0 spiro atoms. The molecule has 0 amide bonds. The maximum absolute atomic E-state index is 12.7. The molecule has 292 valence electrons. The van der Waals surface area contributed by atoms with Gasteiger partial charge in [-0.2, -0.15) is 0 Å². The van der Waals surface area contributed by atoms with Crippen molar-refractivity contribution >= 4 is 11.9 Å². The first-order valence-electron chi connectivity index (χ1n) is 22.0. The van der Waals surface area contributed by atoms with Crippen molar-refractivity contribution < 1.29 is 19.1 Å². The lowest BCUT2D eigenvalue weighted by Crippen LogP contribution is -2.29. The summed E-state index contributed by atoms with van der Waals surface area (Å²) < 4.78 is 11.5. The number of carbonyl (C=O) groups excluding carboxylic acids is 2. The fourth-order valence-corrected chi connectivity index (χ4v) is 6.79. The second-order valence-corrected chi connectivity index (χ2v) is 15.4. The summed E-state index contributed by atoms with van der Waals surface area (Å²) in [6, 6.07) is 0.566. The van der Waals surface area contributed by atoms with E-state index >= 15 is 0 Å². The topological polar surface area (TPSA) is 55.8 Å². The summed E-state index contributed by atoms with van der Waals surface area (Å²) in [5.41, 5.74) is 0. The highest BCUT2D eigenvalue weighted by atomic mass is 16.5. The van der Waals surface area contributed by atoms with Crippen molar-refractivity contribution in [2.75, 3.05) is 20.2 Å². The Hall–Kier alpha value is -1.10. The first-order valence-corrected chi connectivity index (χ1v) is 22.0.